The molecule has 2 unspecified atom stereocenters. The van der Waals surface area contributed by atoms with E-state index in [9.17, 15) is 0 Å². The van der Waals surface area contributed by atoms with Crippen LogP contribution >= 0.6 is 0 Å². The number of hydrogen-bond donors (Lipinski definition) is 1. The van der Waals surface area contributed by atoms with E-state index in [2.05, 4.69) is 37.1 Å². The first-order valence-electron chi connectivity index (χ1n) is 6.58. The van der Waals surface area contributed by atoms with Gasteiger partial charge in [-0.15, -0.1) is 0 Å². The summed E-state index contributed by atoms with van der Waals surface area (Å²) < 4.78 is 5.58. The first-order chi connectivity index (χ1) is 8.09. The van der Waals surface area contributed by atoms with Gasteiger partial charge in [-0.3, -0.25) is 4.90 Å². The maximum absolute atomic E-state index is 5.58. The van der Waals surface area contributed by atoms with Crippen LogP contribution in [0, 0.1) is 18.8 Å². The third kappa shape index (κ3) is 1.72. The molecular weight excluding hydrogens is 212 g/mol. The molecule has 0 aliphatic carbocycles. The average molecular weight is 234 g/mol. The van der Waals surface area contributed by atoms with Gasteiger partial charge in [0.1, 0.15) is 5.76 Å². The van der Waals surface area contributed by atoms with Crippen LogP contribution in [-0.4, -0.2) is 30.1 Å². The van der Waals surface area contributed by atoms with Crippen molar-refractivity contribution in [3.05, 3.63) is 23.7 Å². The minimum atomic E-state index is 0.285. The monoisotopic (exact) mass is 234 g/mol. The van der Waals surface area contributed by atoms with Crippen molar-refractivity contribution in [2.75, 3.05) is 19.6 Å². The SMILES string of the molecule is Cc1ccoc1CN1CC2CNCC2C1(C)C. The van der Waals surface area contributed by atoms with E-state index in [0.717, 1.165) is 24.1 Å². The molecular formula is C14H22N2O. The van der Waals surface area contributed by atoms with E-state index in [0.29, 0.717) is 0 Å². The van der Waals surface area contributed by atoms with Gasteiger partial charge < -0.3 is 9.73 Å². The van der Waals surface area contributed by atoms with E-state index in [-0.39, 0.29) is 5.54 Å². The fraction of sp³-hybridized carbons (Fsp3) is 0.714. The topological polar surface area (TPSA) is 28.4 Å². The molecule has 3 heteroatoms. The number of fused-ring (bicyclic) bond motifs is 1. The van der Waals surface area contributed by atoms with Crippen LogP contribution in [0.1, 0.15) is 25.2 Å². The van der Waals surface area contributed by atoms with E-state index in [1.165, 1.54) is 25.2 Å². The van der Waals surface area contributed by atoms with E-state index >= 15 is 0 Å². The molecule has 1 aromatic heterocycles. The van der Waals surface area contributed by atoms with Crippen LogP contribution in [0.3, 0.4) is 0 Å². The zero-order chi connectivity index (χ0) is 12.0. The van der Waals surface area contributed by atoms with Gasteiger partial charge in [-0.2, -0.15) is 0 Å². The minimum absolute atomic E-state index is 0.285. The van der Waals surface area contributed by atoms with E-state index in [1.54, 1.807) is 6.26 Å². The van der Waals surface area contributed by atoms with E-state index in [1.807, 2.05) is 0 Å². The Morgan fingerprint density at radius 3 is 2.94 bits per heavy atom. The highest BCUT2D eigenvalue weighted by molar-refractivity contribution is 5.16. The van der Waals surface area contributed by atoms with Gasteiger partial charge >= 0.3 is 0 Å². The highest BCUT2D eigenvalue weighted by Gasteiger charge is 2.49. The van der Waals surface area contributed by atoms with E-state index in [4.69, 9.17) is 4.42 Å². The Bertz CT molecular complexity index is 410. The van der Waals surface area contributed by atoms with Crippen molar-refractivity contribution in [2.24, 2.45) is 11.8 Å². The molecule has 2 aliphatic heterocycles. The maximum Gasteiger partial charge on any atom is 0.120 e. The molecule has 1 N–H and O–H groups in total. The fourth-order valence-corrected chi connectivity index (χ4v) is 3.51. The van der Waals surface area contributed by atoms with Crippen LogP contribution in [0.15, 0.2) is 16.7 Å². The standard InChI is InChI=1S/C14H22N2O/c1-10-4-5-17-13(10)9-16-8-11-6-15-7-12(11)14(16,2)3/h4-5,11-12,15H,6-9H2,1-3H3. The van der Waals surface area contributed by atoms with Crippen molar-refractivity contribution in [3.8, 4) is 0 Å². The molecule has 0 amide bonds. The number of nitrogens with zero attached hydrogens (tertiary/aromatic N) is 1. The van der Waals surface area contributed by atoms with Crippen molar-refractivity contribution in [1.29, 1.82) is 0 Å². The number of hydrogen-bond acceptors (Lipinski definition) is 3. The zero-order valence-electron chi connectivity index (χ0n) is 11.0. The minimum Gasteiger partial charge on any atom is -0.468 e. The number of aryl methyl sites for hydroxylation is 1. The van der Waals surface area contributed by atoms with Crippen LogP contribution in [-0.2, 0) is 6.54 Å². The van der Waals surface area contributed by atoms with Crippen LogP contribution < -0.4 is 5.32 Å². The molecule has 2 aliphatic rings. The summed E-state index contributed by atoms with van der Waals surface area (Å²) in [6, 6.07) is 2.06. The van der Waals surface area contributed by atoms with Gasteiger partial charge in [-0.1, -0.05) is 0 Å². The lowest BCUT2D eigenvalue weighted by Gasteiger charge is -2.35. The first kappa shape index (κ1) is 11.3. The Hall–Kier alpha value is -0.800. The Morgan fingerprint density at radius 1 is 1.47 bits per heavy atom. The summed E-state index contributed by atoms with van der Waals surface area (Å²) in [5.41, 5.74) is 1.56. The summed E-state index contributed by atoms with van der Waals surface area (Å²) >= 11 is 0. The van der Waals surface area contributed by atoms with Crippen molar-refractivity contribution >= 4 is 0 Å². The summed E-state index contributed by atoms with van der Waals surface area (Å²) in [6.07, 6.45) is 1.80. The number of nitrogens with one attached hydrogen (secondary N) is 1. The quantitative estimate of drug-likeness (QED) is 0.848. The van der Waals surface area contributed by atoms with Gasteiger partial charge in [0.15, 0.2) is 0 Å². The molecule has 0 aromatic carbocycles. The zero-order valence-corrected chi connectivity index (χ0v) is 11.0. The van der Waals surface area contributed by atoms with Crippen molar-refractivity contribution in [2.45, 2.75) is 32.9 Å². The Labute approximate surface area is 103 Å². The molecule has 0 radical (unpaired) electrons. The van der Waals surface area contributed by atoms with Crippen LogP contribution in [0.2, 0.25) is 0 Å². The highest BCUT2D eigenvalue weighted by atomic mass is 16.3. The molecule has 2 saturated heterocycles. The smallest absolute Gasteiger partial charge is 0.120 e. The van der Waals surface area contributed by atoms with Crippen LogP contribution in [0.25, 0.3) is 0 Å². The first-order valence-corrected chi connectivity index (χ1v) is 6.58. The predicted octanol–water partition coefficient (Wildman–Crippen LogP) is 2.02. The molecule has 0 bridgehead atoms. The maximum atomic E-state index is 5.58. The third-order valence-electron chi connectivity index (χ3n) is 4.82. The Morgan fingerprint density at radius 2 is 2.29 bits per heavy atom. The number of likely N-dealkylation sites (tertiary alicyclic amines) is 1. The molecule has 17 heavy (non-hydrogen) atoms. The Kier molecular flexibility index (Phi) is 2.56. The second-order valence-corrected chi connectivity index (χ2v) is 6.09. The summed E-state index contributed by atoms with van der Waals surface area (Å²) in [4.78, 5) is 2.59. The Balaban J connectivity index is 1.79. The molecule has 94 valence electrons. The lowest BCUT2D eigenvalue weighted by molar-refractivity contribution is 0.122. The van der Waals surface area contributed by atoms with Gasteiger partial charge in [0.2, 0.25) is 0 Å². The molecule has 2 atom stereocenters. The number of furan rings is 1. The molecule has 3 nitrogen and oxygen atoms in total. The lowest BCUT2D eigenvalue weighted by Crippen LogP contribution is -2.43. The second-order valence-electron chi connectivity index (χ2n) is 6.09. The second kappa shape index (κ2) is 3.85. The summed E-state index contributed by atoms with van der Waals surface area (Å²) in [6.45, 7) is 11.4. The number of rotatable bonds is 2. The highest BCUT2D eigenvalue weighted by Crippen LogP contribution is 2.41. The summed E-state index contributed by atoms with van der Waals surface area (Å²) in [7, 11) is 0. The predicted molar refractivity (Wildman–Crippen MR) is 67.8 cm³/mol. The van der Waals surface area contributed by atoms with Crippen molar-refractivity contribution in [3.63, 3.8) is 0 Å². The van der Waals surface area contributed by atoms with Crippen molar-refractivity contribution in [1.82, 2.24) is 10.2 Å². The average Bonchev–Trinajstić information content (AvgIpc) is 2.91. The van der Waals surface area contributed by atoms with Crippen LogP contribution in [0.5, 0.6) is 0 Å². The molecule has 0 saturated carbocycles. The largest absolute Gasteiger partial charge is 0.468 e. The third-order valence-corrected chi connectivity index (χ3v) is 4.82. The van der Waals surface area contributed by atoms with E-state index < -0.39 is 0 Å². The summed E-state index contributed by atoms with van der Waals surface area (Å²) in [5.74, 6) is 2.74. The normalized spacial score (nSPS) is 31.9. The molecule has 1 aromatic rings. The summed E-state index contributed by atoms with van der Waals surface area (Å²) in [5, 5.41) is 3.52. The van der Waals surface area contributed by atoms with Gasteiger partial charge in [-0.05, 0) is 50.8 Å². The van der Waals surface area contributed by atoms with Gasteiger partial charge in [0.05, 0.1) is 12.8 Å². The van der Waals surface area contributed by atoms with Gasteiger partial charge in [-0.25, -0.2) is 0 Å². The fourth-order valence-electron chi connectivity index (χ4n) is 3.51. The van der Waals surface area contributed by atoms with Gasteiger partial charge in [0, 0.05) is 18.6 Å². The lowest BCUT2D eigenvalue weighted by atomic mass is 9.85. The molecule has 0 spiro atoms. The van der Waals surface area contributed by atoms with Crippen LogP contribution in [0.4, 0.5) is 0 Å². The molecule has 2 fully saturated rings. The molecule has 3 heterocycles. The van der Waals surface area contributed by atoms with Gasteiger partial charge in [0.25, 0.3) is 0 Å². The van der Waals surface area contributed by atoms with Crippen molar-refractivity contribution < 1.29 is 4.42 Å². The molecule has 3 rings (SSSR count).